The number of benzene rings is 2. The van der Waals surface area contributed by atoms with E-state index in [2.05, 4.69) is 15.6 Å². The van der Waals surface area contributed by atoms with Crippen molar-refractivity contribution < 1.29 is 9.53 Å². The fourth-order valence-corrected chi connectivity index (χ4v) is 3.65. The molecule has 6 nitrogen and oxygen atoms in total. The van der Waals surface area contributed by atoms with Crippen molar-refractivity contribution in [3.8, 4) is 5.75 Å². The molecule has 27 heavy (non-hydrogen) atoms. The summed E-state index contributed by atoms with van der Waals surface area (Å²) >= 11 is 0. The van der Waals surface area contributed by atoms with Gasteiger partial charge in [0.2, 0.25) is 0 Å². The molecule has 0 spiro atoms. The van der Waals surface area contributed by atoms with Crippen LogP contribution in [0.1, 0.15) is 48.0 Å². The van der Waals surface area contributed by atoms with E-state index in [1.54, 1.807) is 7.11 Å². The monoisotopic (exact) mass is 364 g/mol. The van der Waals surface area contributed by atoms with E-state index in [9.17, 15) is 4.79 Å². The van der Waals surface area contributed by atoms with E-state index < -0.39 is 0 Å². The van der Waals surface area contributed by atoms with Crippen molar-refractivity contribution in [1.29, 1.82) is 0 Å². The van der Waals surface area contributed by atoms with Crippen molar-refractivity contribution in [3.05, 3.63) is 53.6 Å². The van der Waals surface area contributed by atoms with E-state index in [0.717, 1.165) is 35.2 Å². The zero-order chi connectivity index (χ0) is 18.6. The molecule has 0 aliphatic heterocycles. The zero-order valence-electron chi connectivity index (χ0n) is 15.5. The van der Waals surface area contributed by atoms with E-state index in [-0.39, 0.29) is 5.91 Å². The molecule has 1 aliphatic rings. The van der Waals surface area contributed by atoms with E-state index in [0.29, 0.717) is 18.2 Å². The minimum Gasteiger partial charge on any atom is -0.497 e. The number of hydrogen-bond donors (Lipinski definition) is 1. The molecular formula is C21H24N4O2. The number of fused-ring (bicyclic) bond motifs is 1. The molecule has 0 radical (unpaired) electrons. The second-order valence-corrected chi connectivity index (χ2v) is 7.11. The molecule has 140 valence electrons. The molecule has 4 rings (SSSR count). The van der Waals surface area contributed by atoms with Gasteiger partial charge in [-0.25, -0.2) is 4.68 Å². The highest BCUT2D eigenvalue weighted by molar-refractivity contribution is 5.97. The second-order valence-electron chi connectivity index (χ2n) is 7.11. The van der Waals surface area contributed by atoms with E-state index in [4.69, 9.17) is 4.74 Å². The Bertz CT molecular complexity index is 927. The largest absolute Gasteiger partial charge is 0.497 e. The van der Waals surface area contributed by atoms with Crippen LogP contribution in [0.5, 0.6) is 5.75 Å². The lowest BCUT2D eigenvalue weighted by molar-refractivity contribution is 0.0928. The lowest BCUT2D eigenvalue weighted by Crippen LogP contribution is -2.36. The number of aromatic nitrogens is 3. The molecule has 3 aromatic rings. The summed E-state index contributed by atoms with van der Waals surface area (Å²) in [5.74, 6) is 0.810. The van der Waals surface area contributed by atoms with Crippen molar-refractivity contribution in [2.75, 3.05) is 7.11 Å². The SMILES string of the molecule is COc1ccc(Cn2nnc3cc(C(=O)NC4CCCCC4)ccc32)cc1. The lowest BCUT2D eigenvalue weighted by atomic mass is 9.95. The van der Waals surface area contributed by atoms with Crippen LogP contribution in [0, 0.1) is 0 Å². The van der Waals surface area contributed by atoms with Crippen LogP contribution in [0.2, 0.25) is 0 Å². The highest BCUT2D eigenvalue weighted by atomic mass is 16.5. The number of ether oxygens (including phenoxy) is 1. The predicted octanol–water partition coefficient (Wildman–Crippen LogP) is 3.55. The third-order valence-corrected chi connectivity index (χ3v) is 5.21. The van der Waals surface area contributed by atoms with Gasteiger partial charge in [-0.05, 0) is 48.7 Å². The Morgan fingerprint density at radius 1 is 1.15 bits per heavy atom. The average Bonchev–Trinajstić information content (AvgIpc) is 3.11. The van der Waals surface area contributed by atoms with Crippen molar-refractivity contribution in [3.63, 3.8) is 0 Å². The van der Waals surface area contributed by atoms with Gasteiger partial charge in [0.15, 0.2) is 0 Å². The van der Waals surface area contributed by atoms with Gasteiger partial charge >= 0.3 is 0 Å². The van der Waals surface area contributed by atoms with Crippen LogP contribution in [-0.4, -0.2) is 34.1 Å². The fraction of sp³-hybridized carbons (Fsp3) is 0.381. The van der Waals surface area contributed by atoms with Gasteiger partial charge in [0, 0.05) is 11.6 Å². The molecule has 1 N–H and O–H groups in total. The Kier molecular flexibility index (Phi) is 5.05. The number of nitrogens with one attached hydrogen (secondary N) is 1. The molecule has 0 unspecified atom stereocenters. The number of carbonyl (C=O) groups is 1. The summed E-state index contributed by atoms with van der Waals surface area (Å²) < 4.78 is 7.04. The maximum Gasteiger partial charge on any atom is 0.251 e. The van der Waals surface area contributed by atoms with Crippen molar-refractivity contribution >= 4 is 16.9 Å². The molecular weight excluding hydrogens is 340 g/mol. The van der Waals surface area contributed by atoms with E-state index >= 15 is 0 Å². The highest BCUT2D eigenvalue weighted by Gasteiger charge is 2.17. The van der Waals surface area contributed by atoms with Gasteiger partial charge < -0.3 is 10.1 Å². The van der Waals surface area contributed by atoms with Crippen LogP contribution < -0.4 is 10.1 Å². The number of methoxy groups -OCH3 is 1. The number of nitrogens with zero attached hydrogens (tertiary/aromatic N) is 3. The molecule has 1 amide bonds. The molecule has 1 aliphatic carbocycles. The van der Waals surface area contributed by atoms with Gasteiger partial charge in [0.1, 0.15) is 11.3 Å². The minimum absolute atomic E-state index is 0.0199. The Morgan fingerprint density at radius 3 is 2.67 bits per heavy atom. The van der Waals surface area contributed by atoms with Crippen LogP contribution in [0.3, 0.4) is 0 Å². The predicted molar refractivity (Wildman–Crippen MR) is 104 cm³/mol. The molecule has 1 saturated carbocycles. The summed E-state index contributed by atoms with van der Waals surface area (Å²) in [6, 6.07) is 13.8. The Labute approximate surface area is 158 Å². The Hall–Kier alpha value is -2.89. The van der Waals surface area contributed by atoms with Crippen molar-refractivity contribution in [2.45, 2.75) is 44.7 Å². The average molecular weight is 364 g/mol. The Morgan fingerprint density at radius 2 is 1.93 bits per heavy atom. The first-order chi connectivity index (χ1) is 13.2. The van der Waals surface area contributed by atoms with Gasteiger partial charge in [0.05, 0.1) is 19.2 Å². The van der Waals surface area contributed by atoms with Gasteiger partial charge in [-0.15, -0.1) is 5.10 Å². The standard InChI is InChI=1S/C21H24N4O2/c1-27-18-10-7-15(8-11-18)14-25-20-12-9-16(13-19(20)23-24-25)21(26)22-17-5-3-2-4-6-17/h7-13,17H,2-6,14H2,1H3,(H,22,26). The highest BCUT2D eigenvalue weighted by Crippen LogP contribution is 2.19. The summed E-state index contributed by atoms with van der Waals surface area (Å²) in [6.07, 6.45) is 5.82. The maximum absolute atomic E-state index is 12.5. The maximum atomic E-state index is 12.5. The molecule has 6 heteroatoms. The number of amides is 1. The third kappa shape index (κ3) is 3.94. The molecule has 1 heterocycles. The molecule has 0 atom stereocenters. The summed E-state index contributed by atoms with van der Waals surface area (Å²) in [5, 5.41) is 11.7. The topological polar surface area (TPSA) is 69.0 Å². The summed E-state index contributed by atoms with van der Waals surface area (Å²) in [7, 11) is 1.65. The molecule has 1 fully saturated rings. The first-order valence-electron chi connectivity index (χ1n) is 9.50. The van der Waals surface area contributed by atoms with Crippen LogP contribution in [0.15, 0.2) is 42.5 Å². The minimum atomic E-state index is -0.0199. The van der Waals surface area contributed by atoms with Gasteiger partial charge in [-0.1, -0.05) is 36.6 Å². The quantitative estimate of drug-likeness (QED) is 0.752. The number of hydrogen-bond acceptors (Lipinski definition) is 4. The van der Waals surface area contributed by atoms with Crippen LogP contribution in [0.4, 0.5) is 0 Å². The Balaban J connectivity index is 1.49. The van der Waals surface area contributed by atoms with Crippen molar-refractivity contribution in [1.82, 2.24) is 20.3 Å². The van der Waals surface area contributed by atoms with Gasteiger partial charge in [-0.3, -0.25) is 4.79 Å². The third-order valence-electron chi connectivity index (χ3n) is 5.21. The van der Waals surface area contributed by atoms with Crippen LogP contribution >= 0.6 is 0 Å². The van der Waals surface area contributed by atoms with Crippen molar-refractivity contribution in [2.24, 2.45) is 0 Å². The van der Waals surface area contributed by atoms with E-state index in [1.807, 2.05) is 47.1 Å². The summed E-state index contributed by atoms with van der Waals surface area (Å²) in [6.45, 7) is 0.619. The molecule has 1 aromatic heterocycles. The first-order valence-corrected chi connectivity index (χ1v) is 9.50. The molecule has 0 saturated heterocycles. The zero-order valence-corrected chi connectivity index (χ0v) is 15.5. The number of carbonyl (C=O) groups excluding carboxylic acids is 1. The smallest absolute Gasteiger partial charge is 0.251 e. The normalized spacial score (nSPS) is 15.0. The fourth-order valence-electron chi connectivity index (χ4n) is 3.65. The van der Waals surface area contributed by atoms with Crippen LogP contribution in [-0.2, 0) is 6.54 Å². The first kappa shape index (κ1) is 17.5. The van der Waals surface area contributed by atoms with E-state index in [1.165, 1.54) is 19.3 Å². The van der Waals surface area contributed by atoms with Gasteiger partial charge in [-0.2, -0.15) is 0 Å². The molecule has 2 aromatic carbocycles. The number of rotatable bonds is 5. The second kappa shape index (κ2) is 7.78. The van der Waals surface area contributed by atoms with Crippen LogP contribution in [0.25, 0.3) is 11.0 Å². The summed E-state index contributed by atoms with van der Waals surface area (Å²) in [5.41, 5.74) is 3.41. The summed E-state index contributed by atoms with van der Waals surface area (Å²) in [4.78, 5) is 12.5. The van der Waals surface area contributed by atoms with Gasteiger partial charge in [0.25, 0.3) is 5.91 Å². The molecule has 0 bridgehead atoms. The lowest BCUT2D eigenvalue weighted by Gasteiger charge is -2.22.